The quantitative estimate of drug-likeness (QED) is 0.875. The fourth-order valence-corrected chi connectivity index (χ4v) is 2.31. The first-order chi connectivity index (χ1) is 11.2. The van der Waals surface area contributed by atoms with Crippen molar-refractivity contribution in [2.75, 3.05) is 13.2 Å². The van der Waals surface area contributed by atoms with Gasteiger partial charge in [0, 0.05) is 11.1 Å². The summed E-state index contributed by atoms with van der Waals surface area (Å²) in [6, 6.07) is 14.8. The summed E-state index contributed by atoms with van der Waals surface area (Å²) in [4.78, 5) is 11.9. The molecule has 0 fully saturated rings. The van der Waals surface area contributed by atoms with Crippen molar-refractivity contribution >= 4 is 23.6 Å². The lowest BCUT2D eigenvalue weighted by molar-refractivity contribution is -0.116. The second-order valence-electron chi connectivity index (χ2n) is 5.13. The van der Waals surface area contributed by atoms with Gasteiger partial charge in [-0.1, -0.05) is 35.9 Å². The van der Waals surface area contributed by atoms with Gasteiger partial charge in [-0.05, 0) is 35.9 Å². The molecule has 0 unspecified atom stereocenters. The molecule has 1 N–H and O–H groups in total. The number of nitrogens with one attached hydrogen (secondary N) is 1. The third-order valence-corrected chi connectivity index (χ3v) is 3.62. The summed E-state index contributed by atoms with van der Waals surface area (Å²) < 4.78 is 11.4. The maximum Gasteiger partial charge on any atom is 0.244 e. The van der Waals surface area contributed by atoms with Crippen LogP contribution in [-0.4, -0.2) is 25.2 Å². The van der Waals surface area contributed by atoms with Crippen LogP contribution in [0.1, 0.15) is 5.56 Å². The maximum absolute atomic E-state index is 11.9. The Kier molecular flexibility index (Phi) is 4.83. The van der Waals surface area contributed by atoms with E-state index < -0.39 is 0 Å². The molecule has 0 radical (unpaired) electrons. The second kappa shape index (κ2) is 7.20. The standard InChI is InChI=1S/C18H16ClNO3/c19-14-8-5-13(6-9-14)7-10-18(21)20-11-15-12-22-16-3-1-2-4-17(16)23-15/h1-10,15H,11-12H2,(H,20,21)/b10-7-/t15-/m1/s1. The molecule has 0 bridgehead atoms. The van der Waals surface area contributed by atoms with E-state index in [4.69, 9.17) is 21.1 Å². The average Bonchev–Trinajstić information content (AvgIpc) is 2.59. The van der Waals surface area contributed by atoms with E-state index >= 15 is 0 Å². The van der Waals surface area contributed by atoms with E-state index in [0.717, 1.165) is 11.3 Å². The van der Waals surface area contributed by atoms with Crippen LogP contribution in [-0.2, 0) is 4.79 Å². The Labute approximate surface area is 139 Å². The fraction of sp³-hybridized carbons (Fsp3) is 0.167. The topological polar surface area (TPSA) is 47.6 Å². The Balaban J connectivity index is 1.49. The largest absolute Gasteiger partial charge is 0.486 e. The molecule has 3 rings (SSSR count). The van der Waals surface area contributed by atoms with Gasteiger partial charge in [0.05, 0.1) is 6.54 Å². The number of ether oxygens (including phenoxy) is 2. The van der Waals surface area contributed by atoms with Gasteiger partial charge in [0.2, 0.25) is 5.91 Å². The van der Waals surface area contributed by atoms with E-state index in [1.54, 1.807) is 18.2 Å². The molecule has 0 aromatic heterocycles. The molecule has 1 aliphatic heterocycles. The van der Waals surface area contributed by atoms with Gasteiger partial charge in [0.1, 0.15) is 12.7 Å². The lowest BCUT2D eigenvalue weighted by atomic mass is 10.2. The fourth-order valence-electron chi connectivity index (χ4n) is 2.18. The molecule has 1 aliphatic rings. The molecular formula is C18H16ClNO3. The van der Waals surface area contributed by atoms with Gasteiger partial charge in [-0.25, -0.2) is 0 Å². The number of para-hydroxylation sites is 2. The van der Waals surface area contributed by atoms with Gasteiger partial charge < -0.3 is 14.8 Å². The number of rotatable bonds is 4. The van der Waals surface area contributed by atoms with Crippen LogP contribution in [0, 0.1) is 0 Å². The Hall–Kier alpha value is -2.46. The number of benzene rings is 2. The van der Waals surface area contributed by atoms with Crippen LogP contribution >= 0.6 is 11.6 Å². The normalized spacial score (nSPS) is 16.3. The predicted molar refractivity (Wildman–Crippen MR) is 89.8 cm³/mol. The molecule has 0 saturated carbocycles. The van der Waals surface area contributed by atoms with Crippen LogP contribution in [0.2, 0.25) is 5.02 Å². The van der Waals surface area contributed by atoms with Crippen LogP contribution in [0.15, 0.2) is 54.6 Å². The van der Waals surface area contributed by atoms with Crippen molar-refractivity contribution < 1.29 is 14.3 Å². The van der Waals surface area contributed by atoms with Gasteiger partial charge in [0.15, 0.2) is 11.5 Å². The summed E-state index contributed by atoms with van der Waals surface area (Å²) in [5.74, 6) is 1.26. The van der Waals surface area contributed by atoms with Gasteiger partial charge >= 0.3 is 0 Å². The Bertz CT molecular complexity index is 712. The summed E-state index contributed by atoms with van der Waals surface area (Å²) >= 11 is 5.82. The maximum atomic E-state index is 11.9. The number of carbonyl (C=O) groups is 1. The monoisotopic (exact) mass is 329 g/mol. The third-order valence-electron chi connectivity index (χ3n) is 3.37. The van der Waals surface area contributed by atoms with Crippen LogP contribution in [0.5, 0.6) is 11.5 Å². The summed E-state index contributed by atoms with van der Waals surface area (Å²) in [7, 11) is 0. The highest BCUT2D eigenvalue weighted by atomic mass is 35.5. The zero-order valence-electron chi connectivity index (χ0n) is 12.4. The zero-order chi connectivity index (χ0) is 16.1. The van der Waals surface area contributed by atoms with E-state index in [1.807, 2.05) is 36.4 Å². The molecule has 2 aromatic rings. The summed E-state index contributed by atoms with van der Waals surface area (Å²) in [5.41, 5.74) is 0.913. The molecule has 1 atom stereocenters. The number of halogens is 1. The highest BCUT2D eigenvalue weighted by molar-refractivity contribution is 6.30. The van der Waals surface area contributed by atoms with Crippen LogP contribution < -0.4 is 14.8 Å². The predicted octanol–water partition coefficient (Wildman–Crippen LogP) is 3.31. The first kappa shape index (κ1) is 15.4. The molecule has 4 nitrogen and oxygen atoms in total. The average molecular weight is 330 g/mol. The minimum atomic E-state index is -0.196. The lowest BCUT2D eigenvalue weighted by Crippen LogP contribution is -2.40. The zero-order valence-corrected chi connectivity index (χ0v) is 13.1. The van der Waals surface area contributed by atoms with Crippen LogP contribution in [0.25, 0.3) is 6.08 Å². The summed E-state index contributed by atoms with van der Waals surface area (Å²) in [5, 5.41) is 3.48. The Morgan fingerprint density at radius 3 is 2.70 bits per heavy atom. The molecule has 1 amide bonds. The van der Waals surface area contributed by atoms with Crippen LogP contribution in [0.3, 0.4) is 0 Å². The molecule has 0 saturated heterocycles. The van der Waals surface area contributed by atoms with Gasteiger partial charge in [-0.3, -0.25) is 4.79 Å². The number of amides is 1. The van der Waals surface area contributed by atoms with Crippen molar-refractivity contribution in [2.45, 2.75) is 6.10 Å². The number of hydrogen-bond donors (Lipinski definition) is 1. The smallest absolute Gasteiger partial charge is 0.244 e. The lowest BCUT2D eigenvalue weighted by Gasteiger charge is -2.26. The van der Waals surface area contributed by atoms with Gasteiger partial charge in [-0.2, -0.15) is 0 Å². The van der Waals surface area contributed by atoms with Crippen molar-refractivity contribution in [2.24, 2.45) is 0 Å². The number of fused-ring (bicyclic) bond motifs is 1. The van der Waals surface area contributed by atoms with Crippen LogP contribution in [0.4, 0.5) is 0 Å². The van der Waals surface area contributed by atoms with Crippen molar-refractivity contribution in [3.05, 3.63) is 65.2 Å². The Morgan fingerprint density at radius 2 is 1.91 bits per heavy atom. The van der Waals surface area contributed by atoms with Crippen molar-refractivity contribution in [3.63, 3.8) is 0 Å². The number of carbonyl (C=O) groups excluding carboxylic acids is 1. The molecule has 23 heavy (non-hydrogen) atoms. The van der Waals surface area contributed by atoms with E-state index in [0.29, 0.717) is 23.9 Å². The number of hydrogen-bond acceptors (Lipinski definition) is 3. The molecular weight excluding hydrogens is 314 g/mol. The Morgan fingerprint density at radius 1 is 1.17 bits per heavy atom. The van der Waals surface area contributed by atoms with Crippen molar-refractivity contribution in [1.82, 2.24) is 5.32 Å². The molecule has 2 aromatic carbocycles. The highest BCUT2D eigenvalue weighted by Crippen LogP contribution is 2.30. The minimum absolute atomic E-state index is 0.178. The molecule has 1 heterocycles. The second-order valence-corrected chi connectivity index (χ2v) is 5.56. The summed E-state index contributed by atoms with van der Waals surface area (Å²) in [6.45, 7) is 0.802. The van der Waals surface area contributed by atoms with Gasteiger partial charge in [-0.15, -0.1) is 0 Å². The SMILES string of the molecule is O=C(/C=C\c1ccc(Cl)cc1)NC[C@@H]1COc2ccccc2O1. The van der Waals surface area contributed by atoms with Crippen molar-refractivity contribution in [1.29, 1.82) is 0 Å². The molecule has 5 heteroatoms. The molecule has 118 valence electrons. The highest BCUT2D eigenvalue weighted by Gasteiger charge is 2.20. The van der Waals surface area contributed by atoms with E-state index in [1.165, 1.54) is 6.08 Å². The first-order valence-electron chi connectivity index (χ1n) is 7.31. The van der Waals surface area contributed by atoms with E-state index in [2.05, 4.69) is 5.32 Å². The van der Waals surface area contributed by atoms with Crippen molar-refractivity contribution in [3.8, 4) is 11.5 Å². The van der Waals surface area contributed by atoms with E-state index in [-0.39, 0.29) is 12.0 Å². The molecule has 0 spiro atoms. The van der Waals surface area contributed by atoms with Gasteiger partial charge in [0.25, 0.3) is 0 Å². The summed E-state index contributed by atoms with van der Waals surface area (Å²) in [6.07, 6.45) is 3.03. The molecule has 0 aliphatic carbocycles. The van der Waals surface area contributed by atoms with E-state index in [9.17, 15) is 4.79 Å². The first-order valence-corrected chi connectivity index (χ1v) is 7.68. The third kappa shape index (κ3) is 4.27. The minimum Gasteiger partial charge on any atom is -0.486 e.